The Hall–Kier alpha value is -1.71. The van der Waals surface area contributed by atoms with Gasteiger partial charge in [0.1, 0.15) is 5.82 Å². The summed E-state index contributed by atoms with van der Waals surface area (Å²) in [5, 5.41) is 8.26. The maximum Gasteiger partial charge on any atom is 0.377 e. The first-order valence-corrected chi connectivity index (χ1v) is 3.14. The van der Waals surface area contributed by atoms with E-state index >= 15 is 0 Å². The molecule has 1 aromatic carbocycles. The standard InChI is InChI=1S/C8H5FO3/c9-6-3-1-5(2-4-6)7(10)8(11)12/h1-4H,(H,11,12)/i7+1,8+1. The van der Waals surface area contributed by atoms with Crippen LogP contribution in [0.3, 0.4) is 0 Å². The van der Waals surface area contributed by atoms with E-state index in [0.717, 1.165) is 24.3 Å². The number of hydrogen-bond acceptors (Lipinski definition) is 2. The van der Waals surface area contributed by atoms with E-state index in [1.54, 1.807) is 0 Å². The number of Topliss-reactive ketones (excluding diaryl/α,β-unsaturated/α-hetero) is 1. The normalized spacial score (nSPS) is 9.42. The molecule has 0 bridgehead atoms. The van der Waals surface area contributed by atoms with E-state index in [4.69, 9.17) is 5.11 Å². The lowest BCUT2D eigenvalue weighted by molar-refractivity contribution is -0.131. The van der Waals surface area contributed by atoms with Gasteiger partial charge in [-0.05, 0) is 24.3 Å². The summed E-state index contributed by atoms with van der Waals surface area (Å²) in [6, 6.07) is 4.34. The highest BCUT2D eigenvalue weighted by molar-refractivity contribution is 6.39. The molecular weight excluding hydrogens is 165 g/mol. The average Bonchev–Trinajstić information content (AvgIpc) is 2.04. The second kappa shape index (κ2) is 3.13. The predicted octanol–water partition coefficient (Wildman–Crippen LogP) is 1.09. The van der Waals surface area contributed by atoms with Gasteiger partial charge in [0.2, 0.25) is 0 Å². The summed E-state index contributed by atoms with van der Waals surface area (Å²) in [6.07, 6.45) is 0. The molecule has 0 unspecified atom stereocenters. The molecule has 0 aliphatic heterocycles. The first-order valence-electron chi connectivity index (χ1n) is 3.14. The van der Waals surface area contributed by atoms with Crippen molar-refractivity contribution in [2.75, 3.05) is 0 Å². The molecule has 3 nitrogen and oxygen atoms in total. The minimum atomic E-state index is -1.54. The van der Waals surface area contributed by atoms with Gasteiger partial charge in [0.25, 0.3) is 5.78 Å². The molecule has 1 N–H and O–H groups in total. The molecule has 0 saturated heterocycles. The molecule has 0 atom stereocenters. The van der Waals surface area contributed by atoms with Crippen LogP contribution in [0.15, 0.2) is 24.3 Å². The maximum atomic E-state index is 12.3. The lowest BCUT2D eigenvalue weighted by Crippen LogP contribution is -2.12. The van der Waals surface area contributed by atoms with Crippen LogP contribution < -0.4 is 0 Å². The molecule has 0 amide bonds. The first-order chi connectivity index (χ1) is 5.61. The first kappa shape index (κ1) is 8.39. The van der Waals surface area contributed by atoms with Crippen molar-refractivity contribution in [2.45, 2.75) is 0 Å². The van der Waals surface area contributed by atoms with Gasteiger partial charge < -0.3 is 5.11 Å². The van der Waals surface area contributed by atoms with Crippen molar-refractivity contribution in [1.29, 1.82) is 0 Å². The van der Waals surface area contributed by atoms with Crippen LogP contribution in [-0.2, 0) is 4.79 Å². The Balaban J connectivity index is 2.98. The van der Waals surface area contributed by atoms with Crippen molar-refractivity contribution in [1.82, 2.24) is 0 Å². The van der Waals surface area contributed by atoms with Gasteiger partial charge >= 0.3 is 5.97 Å². The molecule has 4 heteroatoms. The monoisotopic (exact) mass is 170 g/mol. The van der Waals surface area contributed by atoms with Crippen molar-refractivity contribution < 1.29 is 19.1 Å². The Bertz CT molecular complexity index is 316. The van der Waals surface area contributed by atoms with E-state index in [0.29, 0.717) is 0 Å². The van der Waals surface area contributed by atoms with Gasteiger partial charge in [0, 0.05) is 5.56 Å². The van der Waals surface area contributed by atoms with Crippen molar-refractivity contribution in [2.24, 2.45) is 0 Å². The molecule has 0 radical (unpaired) electrons. The summed E-state index contributed by atoms with van der Waals surface area (Å²) < 4.78 is 12.3. The maximum absolute atomic E-state index is 12.3. The smallest absolute Gasteiger partial charge is 0.377 e. The van der Waals surface area contributed by atoms with Crippen LogP contribution in [0.4, 0.5) is 4.39 Å². The van der Waals surface area contributed by atoms with Gasteiger partial charge in [-0.25, -0.2) is 9.18 Å². The summed E-state index contributed by atoms with van der Waals surface area (Å²) in [5.74, 6) is -3.08. The molecular formula is C8H5FO3. The molecule has 0 heterocycles. The minimum absolute atomic E-state index is 0.0242. The van der Waals surface area contributed by atoms with Gasteiger partial charge in [0.05, 0.1) is 0 Å². The number of carboxylic acids is 1. The third-order valence-corrected chi connectivity index (χ3v) is 1.30. The Labute approximate surface area is 67.4 Å². The molecule has 0 aliphatic carbocycles. The van der Waals surface area contributed by atoms with Crippen molar-refractivity contribution in [3.63, 3.8) is 0 Å². The van der Waals surface area contributed by atoms with Gasteiger partial charge in [-0.1, -0.05) is 0 Å². The average molecular weight is 170 g/mol. The third-order valence-electron chi connectivity index (χ3n) is 1.30. The molecule has 62 valence electrons. The molecule has 0 saturated carbocycles. The number of benzene rings is 1. The Morgan fingerprint density at radius 2 is 1.67 bits per heavy atom. The summed E-state index contributed by atoms with van der Waals surface area (Å²) in [5.41, 5.74) is -0.0242. The number of halogens is 1. The van der Waals surface area contributed by atoms with Crippen molar-refractivity contribution in [3.05, 3.63) is 35.6 Å². The highest BCUT2D eigenvalue weighted by Crippen LogP contribution is 2.03. The summed E-state index contributed by atoms with van der Waals surface area (Å²) in [4.78, 5) is 20.9. The molecule has 0 aliphatic rings. The SMILES string of the molecule is O=[13C](O)[13C](=O)c1ccc(F)cc1. The van der Waals surface area contributed by atoms with Crippen LogP contribution in [0.1, 0.15) is 10.4 Å². The zero-order chi connectivity index (χ0) is 9.14. The number of hydrogen-bond donors (Lipinski definition) is 1. The van der Waals surface area contributed by atoms with Crippen LogP contribution in [0.2, 0.25) is 0 Å². The lowest BCUT2D eigenvalue weighted by atomic mass is 10.3. The summed E-state index contributed by atoms with van der Waals surface area (Å²) in [6.45, 7) is 0. The van der Waals surface area contributed by atoms with E-state index in [1.807, 2.05) is 0 Å². The van der Waals surface area contributed by atoms with E-state index in [9.17, 15) is 14.0 Å². The summed E-state index contributed by atoms with van der Waals surface area (Å²) in [7, 11) is 0. The fourth-order valence-electron chi connectivity index (χ4n) is 0.725. The van der Waals surface area contributed by atoms with Crippen LogP contribution in [-0.4, -0.2) is 16.9 Å². The van der Waals surface area contributed by atoms with E-state index < -0.39 is 17.6 Å². The fraction of sp³-hybridized carbons (Fsp3) is 0. The Morgan fingerprint density at radius 1 is 1.17 bits per heavy atom. The molecule has 0 spiro atoms. The second-order valence-corrected chi connectivity index (χ2v) is 2.14. The lowest BCUT2D eigenvalue weighted by Gasteiger charge is -1.93. The van der Waals surface area contributed by atoms with Gasteiger partial charge in [0.15, 0.2) is 0 Å². The number of aliphatic carboxylic acids is 1. The molecule has 12 heavy (non-hydrogen) atoms. The molecule has 0 aromatic heterocycles. The van der Waals surface area contributed by atoms with E-state index in [2.05, 4.69) is 0 Å². The Kier molecular flexibility index (Phi) is 2.19. The number of ketones is 1. The molecule has 1 aromatic rings. The summed E-state index contributed by atoms with van der Waals surface area (Å²) >= 11 is 0. The van der Waals surface area contributed by atoms with E-state index in [-0.39, 0.29) is 5.56 Å². The number of carbonyl (C=O) groups excluding carboxylic acids is 1. The molecule has 1 rings (SSSR count). The van der Waals surface area contributed by atoms with Gasteiger partial charge in [-0.3, -0.25) is 4.79 Å². The minimum Gasteiger partial charge on any atom is -0.475 e. The molecule has 0 fully saturated rings. The number of rotatable bonds is 2. The third kappa shape index (κ3) is 1.66. The largest absolute Gasteiger partial charge is 0.475 e. The highest BCUT2D eigenvalue weighted by atomic mass is 19.1. The van der Waals surface area contributed by atoms with Gasteiger partial charge in [-0.2, -0.15) is 0 Å². The van der Waals surface area contributed by atoms with Crippen LogP contribution in [0, 0.1) is 5.82 Å². The number of carboxylic acid groups (broad SMARTS) is 1. The van der Waals surface area contributed by atoms with E-state index in [1.165, 1.54) is 0 Å². The highest BCUT2D eigenvalue weighted by Gasteiger charge is 2.13. The van der Waals surface area contributed by atoms with Crippen LogP contribution in [0.5, 0.6) is 0 Å². The van der Waals surface area contributed by atoms with Crippen LogP contribution in [0.25, 0.3) is 0 Å². The zero-order valence-corrected chi connectivity index (χ0v) is 5.95. The Morgan fingerprint density at radius 3 is 2.08 bits per heavy atom. The zero-order valence-electron chi connectivity index (χ0n) is 5.95. The fourth-order valence-corrected chi connectivity index (χ4v) is 0.725. The predicted molar refractivity (Wildman–Crippen MR) is 38.4 cm³/mol. The second-order valence-electron chi connectivity index (χ2n) is 2.14. The van der Waals surface area contributed by atoms with Gasteiger partial charge in [-0.15, -0.1) is 0 Å². The quantitative estimate of drug-likeness (QED) is 0.410. The van der Waals surface area contributed by atoms with Crippen LogP contribution >= 0.6 is 0 Å². The number of carbonyl (C=O) groups is 2. The topological polar surface area (TPSA) is 54.4 Å². The van der Waals surface area contributed by atoms with Crippen molar-refractivity contribution in [3.8, 4) is 0 Å². The van der Waals surface area contributed by atoms with Crippen molar-refractivity contribution >= 4 is 11.8 Å².